The maximum atomic E-state index is 13.0. The molecule has 0 aliphatic carbocycles. The van der Waals surface area contributed by atoms with Gasteiger partial charge in [-0.2, -0.15) is 0 Å². The molecular formula is C11H15FO. The van der Waals surface area contributed by atoms with E-state index >= 15 is 0 Å². The van der Waals surface area contributed by atoms with Crippen LogP contribution < -0.4 is 4.74 Å². The SMILES string of the molecule is CCC(C)c1ccc(F)c(OC)c1. The van der Waals surface area contributed by atoms with Gasteiger partial charge in [-0.3, -0.25) is 0 Å². The van der Waals surface area contributed by atoms with Crippen molar-refractivity contribution in [2.75, 3.05) is 7.11 Å². The summed E-state index contributed by atoms with van der Waals surface area (Å²) in [6.45, 7) is 4.23. The molecule has 0 saturated heterocycles. The molecule has 0 aliphatic heterocycles. The molecule has 0 N–H and O–H groups in total. The first-order chi connectivity index (χ1) is 6.19. The van der Waals surface area contributed by atoms with Gasteiger partial charge in [0.25, 0.3) is 0 Å². The van der Waals surface area contributed by atoms with E-state index in [-0.39, 0.29) is 5.82 Å². The van der Waals surface area contributed by atoms with Gasteiger partial charge in [0.05, 0.1) is 7.11 Å². The number of hydrogen-bond donors (Lipinski definition) is 0. The Hall–Kier alpha value is -1.05. The number of ether oxygens (including phenoxy) is 1. The van der Waals surface area contributed by atoms with Gasteiger partial charge >= 0.3 is 0 Å². The highest BCUT2D eigenvalue weighted by atomic mass is 19.1. The fourth-order valence-corrected chi connectivity index (χ4v) is 1.22. The van der Waals surface area contributed by atoms with Crippen molar-refractivity contribution in [2.24, 2.45) is 0 Å². The van der Waals surface area contributed by atoms with E-state index in [9.17, 15) is 4.39 Å². The van der Waals surface area contributed by atoms with Crippen LogP contribution >= 0.6 is 0 Å². The topological polar surface area (TPSA) is 9.23 Å². The second kappa shape index (κ2) is 4.26. The van der Waals surface area contributed by atoms with Gasteiger partial charge in [-0.1, -0.05) is 19.9 Å². The molecule has 1 atom stereocenters. The third-order valence-corrected chi connectivity index (χ3v) is 2.36. The molecule has 0 heterocycles. The first kappa shape index (κ1) is 10.0. The maximum absolute atomic E-state index is 13.0. The Morgan fingerprint density at radius 3 is 2.69 bits per heavy atom. The maximum Gasteiger partial charge on any atom is 0.165 e. The number of halogens is 1. The van der Waals surface area contributed by atoms with Gasteiger partial charge in [0.2, 0.25) is 0 Å². The zero-order chi connectivity index (χ0) is 9.84. The molecule has 1 nitrogen and oxygen atoms in total. The number of rotatable bonds is 3. The Balaban J connectivity index is 2.99. The standard InChI is InChI=1S/C11H15FO/c1-4-8(2)9-5-6-10(12)11(7-9)13-3/h5-8H,4H2,1-3H3. The summed E-state index contributed by atoms with van der Waals surface area (Å²) in [6, 6.07) is 5.04. The Bertz CT molecular complexity index is 283. The molecule has 0 amide bonds. The summed E-state index contributed by atoms with van der Waals surface area (Å²) in [7, 11) is 1.48. The molecular weight excluding hydrogens is 167 g/mol. The molecule has 0 spiro atoms. The van der Waals surface area contributed by atoms with Crippen LogP contribution in [0.4, 0.5) is 4.39 Å². The number of methoxy groups -OCH3 is 1. The van der Waals surface area contributed by atoms with Crippen molar-refractivity contribution >= 4 is 0 Å². The van der Waals surface area contributed by atoms with Crippen LogP contribution in [-0.2, 0) is 0 Å². The van der Waals surface area contributed by atoms with E-state index in [2.05, 4.69) is 13.8 Å². The van der Waals surface area contributed by atoms with Crippen LogP contribution in [0.1, 0.15) is 31.7 Å². The van der Waals surface area contributed by atoms with Gasteiger partial charge in [0, 0.05) is 0 Å². The van der Waals surface area contributed by atoms with Crippen molar-refractivity contribution in [1.29, 1.82) is 0 Å². The van der Waals surface area contributed by atoms with Crippen LogP contribution in [0.15, 0.2) is 18.2 Å². The Labute approximate surface area is 78.5 Å². The summed E-state index contributed by atoms with van der Waals surface area (Å²) in [5, 5.41) is 0. The van der Waals surface area contributed by atoms with Crippen molar-refractivity contribution in [3.05, 3.63) is 29.6 Å². The summed E-state index contributed by atoms with van der Waals surface area (Å²) in [6.07, 6.45) is 1.05. The molecule has 2 heteroatoms. The van der Waals surface area contributed by atoms with Crippen molar-refractivity contribution in [2.45, 2.75) is 26.2 Å². The van der Waals surface area contributed by atoms with Crippen LogP contribution in [-0.4, -0.2) is 7.11 Å². The highest BCUT2D eigenvalue weighted by Crippen LogP contribution is 2.25. The Morgan fingerprint density at radius 2 is 2.15 bits per heavy atom. The molecule has 1 aromatic rings. The van der Waals surface area contributed by atoms with E-state index in [1.54, 1.807) is 6.07 Å². The smallest absolute Gasteiger partial charge is 0.165 e. The Kier molecular flexibility index (Phi) is 3.29. The predicted octanol–water partition coefficient (Wildman–Crippen LogP) is 3.35. The summed E-state index contributed by atoms with van der Waals surface area (Å²) in [5.41, 5.74) is 1.13. The van der Waals surface area contributed by atoms with Crippen molar-refractivity contribution < 1.29 is 9.13 Å². The van der Waals surface area contributed by atoms with Crippen molar-refractivity contribution in [3.8, 4) is 5.75 Å². The monoisotopic (exact) mass is 182 g/mol. The lowest BCUT2D eigenvalue weighted by Crippen LogP contribution is -1.94. The summed E-state index contributed by atoms with van der Waals surface area (Å²) in [5.74, 6) is 0.488. The zero-order valence-electron chi connectivity index (χ0n) is 8.30. The minimum Gasteiger partial charge on any atom is -0.494 e. The van der Waals surface area contributed by atoms with Gasteiger partial charge in [0.15, 0.2) is 11.6 Å². The molecule has 0 aromatic heterocycles. The lowest BCUT2D eigenvalue weighted by atomic mass is 9.98. The van der Waals surface area contributed by atoms with Gasteiger partial charge in [-0.05, 0) is 30.0 Å². The average molecular weight is 182 g/mol. The van der Waals surface area contributed by atoms with E-state index in [1.165, 1.54) is 13.2 Å². The minimum absolute atomic E-state index is 0.297. The summed E-state index contributed by atoms with van der Waals surface area (Å²) >= 11 is 0. The third-order valence-electron chi connectivity index (χ3n) is 2.36. The number of hydrogen-bond acceptors (Lipinski definition) is 1. The highest BCUT2D eigenvalue weighted by molar-refractivity contribution is 5.32. The van der Waals surface area contributed by atoms with E-state index in [1.807, 2.05) is 6.07 Å². The second-order valence-corrected chi connectivity index (χ2v) is 3.20. The first-order valence-corrected chi connectivity index (χ1v) is 4.52. The summed E-state index contributed by atoms with van der Waals surface area (Å²) < 4.78 is 17.9. The van der Waals surface area contributed by atoms with E-state index in [4.69, 9.17) is 4.74 Å². The Morgan fingerprint density at radius 1 is 1.46 bits per heavy atom. The molecule has 1 aromatic carbocycles. The van der Waals surface area contributed by atoms with Gasteiger partial charge in [0.1, 0.15) is 0 Å². The highest BCUT2D eigenvalue weighted by Gasteiger charge is 2.07. The minimum atomic E-state index is -0.297. The van der Waals surface area contributed by atoms with E-state index in [0.29, 0.717) is 11.7 Å². The van der Waals surface area contributed by atoms with Gasteiger partial charge in [-0.15, -0.1) is 0 Å². The molecule has 0 saturated carbocycles. The molecule has 13 heavy (non-hydrogen) atoms. The van der Waals surface area contributed by atoms with Crippen LogP contribution in [0.25, 0.3) is 0 Å². The number of benzene rings is 1. The molecule has 72 valence electrons. The fraction of sp³-hybridized carbons (Fsp3) is 0.455. The predicted molar refractivity (Wildman–Crippen MR) is 51.7 cm³/mol. The quantitative estimate of drug-likeness (QED) is 0.696. The second-order valence-electron chi connectivity index (χ2n) is 3.20. The summed E-state index contributed by atoms with van der Waals surface area (Å²) in [4.78, 5) is 0. The van der Waals surface area contributed by atoms with Crippen LogP contribution in [0.5, 0.6) is 5.75 Å². The van der Waals surface area contributed by atoms with Crippen molar-refractivity contribution in [1.82, 2.24) is 0 Å². The molecule has 0 fully saturated rings. The fourth-order valence-electron chi connectivity index (χ4n) is 1.22. The van der Waals surface area contributed by atoms with Crippen molar-refractivity contribution in [3.63, 3.8) is 0 Å². The zero-order valence-corrected chi connectivity index (χ0v) is 8.30. The van der Waals surface area contributed by atoms with Gasteiger partial charge in [-0.25, -0.2) is 4.39 Å². The van der Waals surface area contributed by atoms with E-state index in [0.717, 1.165) is 12.0 Å². The third kappa shape index (κ3) is 2.20. The first-order valence-electron chi connectivity index (χ1n) is 4.52. The lowest BCUT2D eigenvalue weighted by molar-refractivity contribution is 0.385. The molecule has 0 bridgehead atoms. The van der Waals surface area contributed by atoms with Gasteiger partial charge < -0.3 is 4.74 Å². The largest absolute Gasteiger partial charge is 0.494 e. The van der Waals surface area contributed by atoms with Crippen LogP contribution in [0.2, 0.25) is 0 Å². The average Bonchev–Trinajstić information content (AvgIpc) is 2.17. The molecule has 1 unspecified atom stereocenters. The lowest BCUT2D eigenvalue weighted by Gasteiger charge is -2.10. The molecule has 1 rings (SSSR count). The van der Waals surface area contributed by atoms with E-state index < -0.39 is 0 Å². The molecule has 0 aliphatic rings. The van der Waals surface area contributed by atoms with Crippen LogP contribution in [0, 0.1) is 5.82 Å². The van der Waals surface area contributed by atoms with Crippen LogP contribution in [0.3, 0.4) is 0 Å². The molecule has 0 radical (unpaired) electrons. The normalized spacial score (nSPS) is 12.6.